The van der Waals surface area contributed by atoms with Crippen molar-refractivity contribution in [2.24, 2.45) is 0 Å². The van der Waals surface area contributed by atoms with E-state index in [0.29, 0.717) is 11.5 Å². The van der Waals surface area contributed by atoms with Crippen molar-refractivity contribution in [2.45, 2.75) is 11.5 Å². The first-order valence-electron chi connectivity index (χ1n) is 5.67. The smallest absolute Gasteiger partial charge is 0.0489 e. The third-order valence-electron chi connectivity index (χ3n) is 2.61. The zero-order valence-corrected chi connectivity index (χ0v) is 10.8. The fourth-order valence-corrected chi connectivity index (χ4v) is 2.88. The molecule has 0 radical (unpaired) electrons. The molecule has 0 unspecified atom stereocenters. The van der Waals surface area contributed by atoms with Crippen LogP contribution in [-0.2, 0) is 22.3 Å². The highest BCUT2D eigenvalue weighted by Crippen LogP contribution is 2.12. The van der Waals surface area contributed by atoms with Crippen LogP contribution in [0.4, 0.5) is 11.4 Å². The van der Waals surface area contributed by atoms with Gasteiger partial charge in [-0.15, -0.1) is 0 Å². The molecule has 3 nitrogen and oxygen atoms in total. The number of hydrogen-bond donors (Lipinski definition) is 2. The van der Waals surface area contributed by atoms with E-state index < -0.39 is 10.8 Å². The molecule has 0 aliphatic heterocycles. The molecule has 0 fully saturated rings. The van der Waals surface area contributed by atoms with Gasteiger partial charge in [-0.1, -0.05) is 24.3 Å². The predicted octanol–water partition coefficient (Wildman–Crippen LogP) is 2.30. The molecule has 0 saturated heterocycles. The fraction of sp³-hybridized carbons (Fsp3) is 0.143. The molecule has 18 heavy (non-hydrogen) atoms. The summed E-state index contributed by atoms with van der Waals surface area (Å²) in [6.45, 7) is 0. The normalized spacial score (nSPS) is 10.7. The topological polar surface area (TPSA) is 69.1 Å². The Morgan fingerprint density at radius 3 is 1.39 bits per heavy atom. The average molecular weight is 260 g/mol. The Kier molecular flexibility index (Phi) is 3.99. The summed E-state index contributed by atoms with van der Waals surface area (Å²) in [5.41, 5.74) is 14.7. The van der Waals surface area contributed by atoms with Gasteiger partial charge < -0.3 is 11.5 Å². The second-order valence-electron chi connectivity index (χ2n) is 4.21. The van der Waals surface area contributed by atoms with Crippen LogP contribution in [0.1, 0.15) is 11.1 Å². The number of rotatable bonds is 4. The monoisotopic (exact) mass is 260 g/mol. The van der Waals surface area contributed by atoms with E-state index in [-0.39, 0.29) is 0 Å². The van der Waals surface area contributed by atoms with Crippen LogP contribution in [0.3, 0.4) is 0 Å². The second kappa shape index (κ2) is 5.69. The summed E-state index contributed by atoms with van der Waals surface area (Å²) in [4.78, 5) is 0. The minimum Gasteiger partial charge on any atom is -0.399 e. The Hall–Kier alpha value is -1.81. The van der Waals surface area contributed by atoms with Gasteiger partial charge in [0.2, 0.25) is 0 Å². The molecule has 0 heterocycles. The molecule has 94 valence electrons. The Morgan fingerprint density at radius 2 is 1.06 bits per heavy atom. The highest BCUT2D eigenvalue weighted by molar-refractivity contribution is 7.83. The van der Waals surface area contributed by atoms with Crippen LogP contribution in [-0.4, -0.2) is 4.21 Å². The summed E-state index contributed by atoms with van der Waals surface area (Å²) in [5, 5.41) is 0. The Morgan fingerprint density at radius 1 is 0.722 bits per heavy atom. The maximum atomic E-state index is 12.0. The van der Waals surface area contributed by atoms with Gasteiger partial charge in [-0.3, -0.25) is 4.21 Å². The maximum Gasteiger partial charge on any atom is 0.0489 e. The molecule has 0 atom stereocenters. The lowest BCUT2D eigenvalue weighted by molar-refractivity contribution is 0.682. The average Bonchev–Trinajstić information content (AvgIpc) is 2.35. The zero-order chi connectivity index (χ0) is 13.0. The summed E-state index contributed by atoms with van der Waals surface area (Å²) in [6, 6.07) is 15.0. The van der Waals surface area contributed by atoms with Crippen LogP contribution in [0, 0.1) is 0 Å². The van der Waals surface area contributed by atoms with Crippen LogP contribution < -0.4 is 11.5 Å². The van der Waals surface area contributed by atoms with Gasteiger partial charge in [-0.2, -0.15) is 0 Å². The van der Waals surface area contributed by atoms with E-state index in [1.165, 1.54) is 0 Å². The summed E-state index contributed by atoms with van der Waals surface area (Å²) in [5.74, 6) is 1.09. The van der Waals surface area contributed by atoms with E-state index >= 15 is 0 Å². The maximum absolute atomic E-state index is 12.0. The van der Waals surface area contributed by atoms with Gasteiger partial charge in [0.25, 0.3) is 0 Å². The molecule has 2 aromatic rings. The first-order chi connectivity index (χ1) is 8.63. The third-order valence-corrected chi connectivity index (χ3v) is 3.93. The predicted molar refractivity (Wildman–Crippen MR) is 77.3 cm³/mol. The van der Waals surface area contributed by atoms with Crippen LogP contribution in [0.25, 0.3) is 0 Å². The summed E-state index contributed by atoms with van der Waals surface area (Å²) in [7, 11) is -0.917. The van der Waals surface area contributed by atoms with Gasteiger partial charge in [0.15, 0.2) is 0 Å². The molecule has 0 aliphatic rings. The lowest BCUT2D eigenvalue weighted by Gasteiger charge is -2.04. The minimum atomic E-state index is -0.917. The number of benzene rings is 2. The largest absolute Gasteiger partial charge is 0.399 e. The van der Waals surface area contributed by atoms with Crippen LogP contribution in [0.2, 0.25) is 0 Å². The number of anilines is 2. The number of nitrogens with two attached hydrogens (primary N) is 2. The summed E-state index contributed by atoms with van der Waals surface area (Å²) >= 11 is 0. The molecule has 0 bridgehead atoms. The lowest BCUT2D eigenvalue weighted by Crippen LogP contribution is -2.00. The molecule has 0 aromatic heterocycles. The highest BCUT2D eigenvalue weighted by atomic mass is 32.2. The number of nitrogen functional groups attached to an aromatic ring is 2. The SMILES string of the molecule is Nc1ccc(CS(=O)Cc2ccc(N)cc2)cc1. The molecular formula is C14H16N2OS. The standard InChI is InChI=1S/C14H16N2OS/c15-13-5-1-11(2-6-13)9-18(17)10-12-3-7-14(16)8-4-12/h1-8H,9-10,15-16H2. The van der Waals surface area contributed by atoms with Gasteiger partial charge in [0, 0.05) is 33.7 Å². The molecule has 0 amide bonds. The van der Waals surface area contributed by atoms with Gasteiger partial charge in [-0.05, 0) is 35.4 Å². The fourth-order valence-electron chi connectivity index (χ4n) is 1.65. The van der Waals surface area contributed by atoms with Crippen molar-refractivity contribution in [3.05, 3.63) is 59.7 Å². The molecule has 0 saturated carbocycles. The number of hydrogen-bond acceptors (Lipinski definition) is 3. The highest BCUT2D eigenvalue weighted by Gasteiger charge is 2.03. The molecule has 0 aliphatic carbocycles. The molecule has 4 heteroatoms. The minimum absolute atomic E-state index is 0.546. The summed E-state index contributed by atoms with van der Waals surface area (Å²) < 4.78 is 12.0. The molecule has 0 spiro atoms. The van der Waals surface area contributed by atoms with Crippen LogP contribution in [0.15, 0.2) is 48.5 Å². The third kappa shape index (κ3) is 3.60. The molecular weight excluding hydrogens is 244 g/mol. The van der Waals surface area contributed by atoms with Crippen molar-refractivity contribution in [2.75, 3.05) is 11.5 Å². The van der Waals surface area contributed by atoms with E-state index in [1.807, 2.05) is 48.5 Å². The Bertz CT molecular complexity index is 485. The van der Waals surface area contributed by atoms with E-state index in [0.717, 1.165) is 22.5 Å². The molecule has 4 N–H and O–H groups in total. The van der Waals surface area contributed by atoms with Crippen molar-refractivity contribution >= 4 is 22.2 Å². The Balaban J connectivity index is 1.96. The van der Waals surface area contributed by atoms with Gasteiger partial charge in [0.1, 0.15) is 0 Å². The van der Waals surface area contributed by atoms with Gasteiger partial charge in [0.05, 0.1) is 0 Å². The van der Waals surface area contributed by atoms with Crippen molar-refractivity contribution < 1.29 is 4.21 Å². The van der Waals surface area contributed by atoms with Crippen LogP contribution >= 0.6 is 0 Å². The van der Waals surface area contributed by atoms with Crippen molar-refractivity contribution in [1.82, 2.24) is 0 Å². The second-order valence-corrected chi connectivity index (χ2v) is 5.67. The first-order valence-corrected chi connectivity index (χ1v) is 7.16. The summed E-state index contributed by atoms with van der Waals surface area (Å²) in [6.07, 6.45) is 0. The van der Waals surface area contributed by atoms with Crippen molar-refractivity contribution in [3.63, 3.8) is 0 Å². The quantitative estimate of drug-likeness (QED) is 0.829. The lowest BCUT2D eigenvalue weighted by atomic mass is 10.2. The zero-order valence-electron chi connectivity index (χ0n) is 10.0. The molecule has 2 aromatic carbocycles. The van der Waals surface area contributed by atoms with E-state index in [1.54, 1.807) is 0 Å². The van der Waals surface area contributed by atoms with E-state index in [9.17, 15) is 4.21 Å². The van der Waals surface area contributed by atoms with Gasteiger partial charge >= 0.3 is 0 Å². The van der Waals surface area contributed by atoms with Crippen molar-refractivity contribution in [3.8, 4) is 0 Å². The van der Waals surface area contributed by atoms with Crippen LogP contribution in [0.5, 0.6) is 0 Å². The van der Waals surface area contributed by atoms with Gasteiger partial charge in [-0.25, -0.2) is 0 Å². The van der Waals surface area contributed by atoms with E-state index in [2.05, 4.69) is 0 Å². The van der Waals surface area contributed by atoms with E-state index in [4.69, 9.17) is 11.5 Å². The van der Waals surface area contributed by atoms with Crippen molar-refractivity contribution in [1.29, 1.82) is 0 Å². The first kappa shape index (κ1) is 12.6. The Labute approximate surface area is 109 Å². The molecule has 2 rings (SSSR count).